The van der Waals surface area contributed by atoms with Crippen LogP contribution in [0.1, 0.15) is 90.4 Å². The van der Waals surface area contributed by atoms with Crippen LogP contribution in [0.5, 0.6) is 0 Å². The standard InChI is InChI=1S/C17H32/c1-15(17-13-9-5-6-10-14-17)16-11-7-3-2-4-8-12-16/h15-17H,2-14H2,1H3. The molecular weight excluding hydrogens is 204 g/mol. The Morgan fingerprint density at radius 2 is 0.824 bits per heavy atom. The molecule has 0 bridgehead atoms. The van der Waals surface area contributed by atoms with Crippen LogP contribution in [0.3, 0.4) is 0 Å². The van der Waals surface area contributed by atoms with Crippen LogP contribution in [0.4, 0.5) is 0 Å². The Balaban J connectivity index is 1.84. The summed E-state index contributed by atoms with van der Waals surface area (Å²) in [5.41, 5.74) is 0. The van der Waals surface area contributed by atoms with Gasteiger partial charge in [0.2, 0.25) is 0 Å². The fourth-order valence-electron chi connectivity index (χ4n) is 4.24. The molecule has 1 unspecified atom stereocenters. The van der Waals surface area contributed by atoms with Gasteiger partial charge in [0.25, 0.3) is 0 Å². The smallest absolute Gasteiger partial charge is 0.0386 e. The second-order valence-electron chi connectivity index (χ2n) is 6.72. The minimum absolute atomic E-state index is 1.02. The molecular formula is C17H32. The predicted octanol–water partition coefficient (Wildman–Crippen LogP) is 5.95. The zero-order valence-corrected chi connectivity index (χ0v) is 11.9. The summed E-state index contributed by atoms with van der Waals surface area (Å²) >= 11 is 0. The molecule has 2 fully saturated rings. The van der Waals surface area contributed by atoms with Crippen molar-refractivity contribution in [1.29, 1.82) is 0 Å². The summed E-state index contributed by atoms with van der Waals surface area (Å²) < 4.78 is 0. The highest BCUT2D eigenvalue weighted by atomic mass is 14.3. The van der Waals surface area contributed by atoms with Crippen LogP contribution in [-0.2, 0) is 0 Å². The molecule has 0 aliphatic heterocycles. The fraction of sp³-hybridized carbons (Fsp3) is 1.00. The van der Waals surface area contributed by atoms with Gasteiger partial charge in [0.15, 0.2) is 0 Å². The molecule has 0 aromatic carbocycles. The van der Waals surface area contributed by atoms with Gasteiger partial charge in [-0.05, 0) is 17.8 Å². The molecule has 0 amide bonds. The van der Waals surface area contributed by atoms with Gasteiger partial charge in [-0.25, -0.2) is 0 Å². The van der Waals surface area contributed by atoms with Crippen LogP contribution in [0, 0.1) is 17.8 Å². The van der Waals surface area contributed by atoms with Crippen molar-refractivity contribution < 1.29 is 0 Å². The minimum Gasteiger partial charge on any atom is -0.0620 e. The average Bonchev–Trinajstić information content (AvgIpc) is 2.56. The minimum atomic E-state index is 1.02. The molecule has 0 radical (unpaired) electrons. The zero-order valence-electron chi connectivity index (χ0n) is 11.9. The summed E-state index contributed by atoms with van der Waals surface area (Å²) in [6, 6.07) is 0. The molecule has 0 aromatic rings. The van der Waals surface area contributed by atoms with Crippen LogP contribution in [0.2, 0.25) is 0 Å². The van der Waals surface area contributed by atoms with Gasteiger partial charge in [0.1, 0.15) is 0 Å². The summed E-state index contributed by atoms with van der Waals surface area (Å²) in [6.07, 6.45) is 19.8. The zero-order chi connectivity index (χ0) is 11.9. The van der Waals surface area contributed by atoms with E-state index in [1.807, 2.05) is 0 Å². The third kappa shape index (κ3) is 4.30. The van der Waals surface area contributed by atoms with E-state index in [0.29, 0.717) is 0 Å². The van der Waals surface area contributed by atoms with Gasteiger partial charge in [-0.1, -0.05) is 90.4 Å². The van der Waals surface area contributed by atoms with Crippen molar-refractivity contribution in [3.8, 4) is 0 Å². The molecule has 0 nitrogen and oxygen atoms in total. The molecule has 0 saturated heterocycles. The lowest BCUT2D eigenvalue weighted by atomic mass is 9.74. The maximum absolute atomic E-state index is 2.59. The first kappa shape index (κ1) is 13.4. The molecule has 2 aliphatic rings. The second kappa shape index (κ2) is 7.44. The highest BCUT2D eigenvalue weighted by molar-refractivity contribution is 4.77. The van der Waals surface area contributed by atoms with Crippen LogP contribution >= 0.6 is 0 Å². The first-order valence-corrected chi connectivity index (χ1v) is 8.38. The summed E-state index contributed by atoms with van der Waals surface area (Å²) in [5, 5.41) is 0. The van der Waals surface area contributed by atoms with Gasteiger partial charge >= 0.3 is 0 Å². The Morgan fingerprint density at radius 1 is 0.529 bits per heavy atom. The van der Waals surface area contributed by atoms with Gasteiger partial charge in [0, 0.05) is 0 Å². The van der Waals surface area contributed by atoms with E-state index < -0.39 is 0 Å². The predicted molar refractivity (Wildman–Crippen MR) is 76.2 cm³/mol. The molecule has 2 aliphatic carbocycles. The van der Waals surface area contributed by atoms with Gasteiger partial charge in [0.05, 0.1) is 0 Å². The van der Waals surface area contributed by atoms with E-state index in [2.05, 4.69) is 6.92 Å². The summed E-state index contributed by atoms with van der Waals surface area (Å²) in [4.78, 5) is 0. The third-order valence-corrected chi connectivity index (χ3v) is 5.54. The average molecular weight is 236 g/mol. The Bertz CT molecular complexity index is 180. The summed E-state index contributed by atoms with van der Waals surface area (Å²) in [7, 11) is 0. The van der Waals surface area contributed by atoms with Crippen LogP contribution in [-0.4, -0.2) is 0 Å². The number of hydrogen-bond donors (Lipinski definition) is 0. The molecule has 1 atom stereocenters. The lowest BCUT2D eigenvalue weighted by molar-refractivity contribution is 0.190. The summed E-state index contributed by atoms with van der Waals surface area (Å²) in [6.45, 7) is 2.59. The second-order valence-corrected chi connectivity index (χ2v) is 6.72. The van der Waals surface area contributed by atoms with Gasteiger partial charge < -0.3 is 0 Å². The largest absolute Gasteiger partial charge is 0.0620 e. The molecule has 0 heteroatoms. The van der Waals surface area contributed by atoms with Crippen molar-refractivity contribution >= 4 is 0 Å². The van der Waals surface area contributed by atoms with E-state index in [9.17, 15) is 0 Å². The third-order valence-electron chi connectivity index (χ3n) is 5.54. The van der Waals surface area contributed by atoms with E-state index in [4.69, 9.17) is 0 Å². The number of rotatable bonds is 2. The molecule has 0 heterocycles. The Labute approximate surface area is 109 Å². The summed E-state index contributed by atoms with van der Waals surface area (Å²) in [5.74, 6) is 3.16. The fourth-order valence-corrected chi connectivity index (χ4v) is 4.24. The van der Waals surface area contributed by atoms with Crippen molar-refractivity contribution in [2.24, 2.45) is 17.8 Å². The van der Waals surface area contributed by atoms with E-state index in [-0.39, 0.29) is 0 Å². The topological polar surface area (TPSA) is 0 Å². The van der Waals surface area contributed by atoms with Crippen LogP contribution < -0.4 is 0 Å². The van der Waals surface area contributed by atoms with Crippen LogP contribution in [0.15, 0.2) is 0 Å². The van der Waals surface area contributed by atoms with E-state index >= 15 is 0 Å². The molecule has 0 spiro atoms. The molecule has 17 heavy (non-hydrogen) atoms. The Morgan fingerprint density at radius 3 is 1.18 bits per heavy atom. The van der Waals surface area contributed by atoms with Crippen molar-refractivity contribution in [2.75, 3.05) is 0 Å². The molecule has 2 saturated carbocycles. The first-order valence-electron chi connectivity index (χ1n) is 8.38. The van der Waals surface area contributed by atoms with Crippen LogP contribution in [0.25, 0.3) is 0 Å². The molecule has 0 aromatic heterocycles. The molecule has 2 rings (SSSR count). The van der Waals surface area contributed by atoms with Gasteiger partial charge in [-0.15, -0.1) is 0 Å². The van der Waals surface area contributed by atoms with Gasteiger partial charge in [-0.3, -0.25) is 0 Å². The van der Waals surface area contributed by atoms with E-state index in [1.54, 1.807) is 0 Å². The maximum atomic E-state index is 2.59. The highest BCUT2D eigenvalue weighted by Gasteiger charge is 2.26. The SMILES string of the molecule is CC(C1CCCCCCC1)C1CCCCCC1. The first-order chi connectivity index (χ1) is 8.38. The Hall–Kier alpha value is 0. The lowest BCUT2D eigenvalue weighted by Crippen LogP contribution is -2.21. The Kier molecular flexibility index (Phi) is 5.88. The number of hydrogen-bond acceptors (Lipinski definition) is 0. The monoisotopic (exact) mass is 236 g/mol. The maximum Gasteiger partial charge on any atom is -0.0386 e. The van der Waals surface area contributed by atoms with Gasteiger partial charge in [-0.2, -0.15) is 0 Å². The lowest BCUT2D eigenvalue weighted by Gasteiger charge is -2.32. The van der Waals surface area contributed by atoms with E-state index in [0.717, 1.165) is 17.8 Å². The molecule has 100 valence electrons. The normalized spacial score (nSPS) is 28.1. The quantitative estimate of drug-likeness (QED) is 0.519. The van der Waals surface area contributed by atoms with Crippen molar-refractivity contribution in [3.05, 3.63) is 0 Å². The molecule has 0 N–H and O–H groups in total. The van der Waals surface area contributed by atoms with Crippen molar-refractivity contribution in [2.45, 2.75) is 90.4 Å². The van der Waals surface area contributed by atoms with Crippen molar-refractivity contribution in [3.63, 3.8) is 0 Å². The highest BCUT2D eigenvalue weighted by Crippen LogP contribution is 2.37. The van der Waals surface area contributed by atoms with E-state index in [1.165, 1.54) is 83.5 Å². The van der Waals surface area contributed by atoms with Crippen molar-refractivity contribution in [1.82, 2.24) is 0 Å².